The van der Waals surface area contributed by atoms with Crippen molar-refractivity contribution in [1.29, 1.82) is 0 Å². The molecule has 0 aromatic heterocycles. The molecule has 1 aliphatic heterocycles. The lowest BCUT2D eigenvalue weighted by molar-refractivity contribution is -0.277. The van der Waals surface area contributed by atoms with E-state index in [1.54, 1.807) is 0 Å². The fraction of sp³-hybridized carbons (Fsp3) is 0.381. The summed E-state index contributed by atoms with van der Waals surface area (Å²) < 4.78 is 10.6. The number of hydrogen-bond acceptors (Lipinski definition) is 9. The first-order valence-corrected chi connectivity index (χ1v) is 9.42. The van der Waals surface area contributed by atoms with E-state index in [-0.39, 0.29) is 17.7 Å². The second-order valence-electron chi connectivity index (χ2n) is 7.06. The largest absolute Gasteiger partial charge is 0.507 e. The van der Waals surface area contributed by atoms with Gasteiger partial charge >= 0.3 is 0 Å². The van der Waals surface area contributed by atoms with Gasteiger partial charge < -0.3 is 40.1 Å². The number of carbonyl (C=O) groups is 1. The summed E-state index contributed by atoms with van der Waals surface area (Å²) in [6.07, 6.45) is -6.99. The Balaban J connectivity index is 1.72. The molecule has 0 radical (unpaired) electrons. The van der Waals surface area contributed by atoms with Gasteiger partial charge in [0.15, 0.2) is 5.78 Å². The third-order valence-electron chi connectivity index (χ3n) is 4.93. The summed E-state index contributed by atoms with van der Waals surface area (Å²) in [6.45, 7) is -0.629. The van der Waals surface area contributed by atoms with Crippen molar-refractivity contribution in [3.05, 3.63) is 53.6 Å². The van der Waals surface area contributed by atoms with Gasteiger partial charge in [0.2, 0.25) is 6.29 Å². The molecule has 1 fully saturated rings. The Morgan fingerprint density at radius 2 is 1.60 bits per heavy atom. The van der Waals surface area contributed by atoms with E-state index in [4.69, 9.17) is 9.47 Å². The Kier molecular flexibility index (Phi) is 6.91. The van der Waals surface area contributed by atoms with E-state index in [0.29, 0.717) is 6.42 Å². The molecule has 2 aromatic carbocycles. The number of aliphatic hydroxyl groups excluding tert-OH is 4. The molecule has 0 amide bonds. The number of phenolic OH excluding ortho intramolecular Hbond substituents is 2. The lowest BCUT2D eigenvalue weighted by Crippen LogP contribution is -2.60. The Morgan fingerprint density at radius 3 is 2.20 bits per heavy atom. The van der Waals surface area contributed by atoms with E-state index in [9.17, 15) is 35.4 Å². The van der Waals surface area contributed by atoms with Crippen LogP contribution in [0.1, 0.15) is 22.3 Å². The predicted octanol–water partition coefficient (Wildman–Crippen LogP) is 0.0920. The van der Waals surface area contributed by atoms with Gasteiger partial charge in [-0.1, -0.05) is 30.3 Å². The molecule has 1 aliphatic rings. The molecular formula is C21H24O9. The minimum absolute atomic E-state index is 0.0675. The Morgan fingerprint density at radius 1 is 0.967 bits per heavy atom. The van der Waals surface area contributed by atoms with Crippen LogP contribution in [0.4, 0.5) is 0 Å². The third kappa shape index (κ3) is 4.72. The van der Waals surface area contributed by atoms with Gasteiger partial charge in [0.25, 0.3) is 0 Å². The Hall–Kier alpha value is -2.69. The van der Waals surface area contributed by atoms with Gasteiger partial charge in [-0.25, -0.2) is 0 Å². The summed E-state index contributed by atoms with van der Waals surface area (Å²) in [5, 5.41) is 59.3. The first-order valence-electron chi connectivity index (χ1n) is 9.42. The summed E-state index contributed by atoms with van der Waals surface area (Å²) in [4.78, 5) is 12.5. The summed E-state index contributed by atoms with van der Waals surface area (Å²) in [6, 6.07) is 11.4. The van der Waals surface area contributed by atoms with Crippen LogP contribution in [0.3, 0.4) is 0 Å². The Bertz CT molecular complexity index is 845. The molecule has 30 heavy (non-hydrogen) atoms. The summed E-state index contributed by atoms with van der Waals surface area (Å²) >= 11 is 0. The monoisotopic (exact) mass is 420 g/mol. The van der Waals surface area contributed by atoms with Gasteiger partial charge in [0.1, 0.15) is 47.2 Å². The molecule has 9 nitrogen and oxygen atoms in total. The van der Waals surface area contributed by atoms with Crippen LogP contribution in [-0.4, -0.2) is 73.7 Å². The molecule has 0 aliphatic carbocycles. The van der Waals surface area contributed by atoms with Crippen molar-refractivity contribution >= 4 is 5.78 Å². The smallest absolute Gasteiger partial charge is 0.229 e. The standard InChI is InChI=1S/C21H24O9/c22-10-16-18(26)19(27)20(28)21(30-16)29-12-8-14(24)17(15(25)9-12)13(23)7-6-11-4-2-1-3-5-11/h1-5,8-9,16,18-22,24-28H,6-7,10H2/t16-,18-,19-,20-,21-/m0/s1. The van der Waals surface area contributed by atoms with Gasteiger partial charge in [-0.15, -0.1) is 0 Å². The first kappa shape index (κ1) is 22.0. The topological polar surface area (TPSA) is 157 Å². The maximum atomic E-state index is 12.5. The second-order valence-corrected chi connectivity index (χ2v) is 7.06. The van der Waals surface area contributed by atoms with Crippen LogP contribution in [0, 0.1) is 0 Å². The Labute approximate surface area is 172 Å². The molecule has 5 atom stereocenters. The number of benzene rings is 2. The molecule has 9 heteroatoms. The number of aryl methyl sites for hydroxylation is 1. The molecular weight excluding hydrogens is 396 g/mol. The lowest BCUT2D eigenvalue weighted by atomic mass is 9.99. The molecule has 162 valence electrons. The van der Waals surface area contributed by atoms with E-state index < -0.39 is 54.6 Å². The molecule has 1 heterocycles. The average Bonchev–Trinajstić information content (AvgIpc) is 2.73. The van der Waals surface area contributed by atoms with Gasteiger partial charge in [0.05, 0.1) is 6.61 Å². The summed E-state index contributed by atoms with van der Waals surface area (Å²) in [7, 11) is 0. The van der Waals surface area contributed by atoms with Crippen LogP contribution in [0.5, 0.6) is 17.2 Å². The van der Waals surface area contributed by atoms with Crippen molar-refractivity contribution in [2.24, 2.45) is 0 Å². The van der Waals surface area contributed by atoms with Crippen molar-refractivity contribution in [3.63, 3.8) is 0 Å². The van der Waals surface area contributed by atoms with Crippen molar-refractivity contribution in [2.45, 2.75) is 43.5 Å². The fourth-order valence-electron chi connectivity index (χ4n) is 3.27. The van der Waals surface area contributed by atoms with Gasteiger partial charge in [0, 0.05) is 18.6 Å². The average molecular weight is 420 g/mol. The number of rotatable bonds is 7. The van der Waals surface area contributed by atoms with Crippen molar-refractivity contribution < 1.29 is 44.9 Å². The maximum Gasteiger partial charge on any atom is 0.229 e. The molecule has 6 N–H and O–H groups in total. The molecule has 0 bridgehead atoms. The molecule has 1 saturated heterocycles. The zero-order valence-corrected chi connectivity index (χ0v) is 16.0. The number of aliphatic hydroxyl groups is 4. The fourth-order valence-corrected chi connectivity index (χ4v) is 3.27. The highest BCUT2D eigenvalue weighted by Crippen LogP contribution is 2.35. The number of phenols is 2. The van der Waals surface area contributed by atoms with E-state index in [1.165, 1.54) is 0 Å². The first-order chi connectivity index (χ1) is 14.3. The van der Waals surface area contributed by atoms with Gasteiger partial charge in [-0.3, -0.25) is 4.79 Å². The molecule has 3 rings (SSSR count). The SMILES string of the molecule is O=C(CCc1ccccc1)c1c(O)cc(O[C@H]2O[C@@H](CO)[C@H](O)[C@H](O)[C@@H]2O)cc1O. The van der Waals surface area contributed by atoms with Crippen LogP contribution in [0.2, 0.25) is 0 Å². The van der Waals surface area contributed by atoms with E-state index in [0.717, 1.165) is 17.7 Å². The molecule has 0 saturated carbocycles. The summed E-state index contributed by atoms with van der Waals surface area (Å²) in [5.74, 6) is -1.65. The second kappa shape index (κ2) is 9.41. The zero-order chi connectivity index (χ0) is 21.8. The summed E-state index contributed by atoms with van der Waals surface area (Å²) in [5.41, 5.74) is 0.680. The number of ketones is 1. The van der Waals surface area contributed by atoms with E-state index >= 15 is 0 Å². The number of Topliss-reactive ketones (excluding diaryl/α,β-unsaturated/α-hetero) is 1. The van der Waals surface area contributed by atoms with Crippen LogP contribution < -0.4 is 4.74 Å². The number of ether oxygens (including phenoxy) is 2. The van der Waals surface area contributed by atoms with E-state index in [1.807, 2.05) is 30.3 Å². The van der Waals surface area contributed by atoms with Crippen molar-refractivity contribution in [1.82, 2.24) is 0 Å². The maximum absolute atomic E-state index is 12.5. The molecule has 0 unspecified atom stereocenters. The van der Waals surface area contributed by atoms with Crippen molar-refractivity contribution in [3.8, 4) is 17.2 Å². The van der Waals surface area contributed by atoms with E-state index in [2.05, 4.69) is 0 Å². The normalized spacial score (nSPS) is 26.3. The highest BCUT2D eigenvalue weighted by atomic mass is 16.7. The number of aromatic hydroxyl groups is 2. The van der Waals surface area contributed by atoms with Crippen LogP contribution in [0.25, 0.3) is 0 Å². The highest BCUT2D eigenvalue weighted by molar-refractivity contribution is 6.01. The van der Waals surface area contributed by atoms with Crippen LogP contribution >= 0.6 is 0 Å². The van der Waals surface area contributed by atoms with Gasteiger partial charge in [-0.2, -0.15) is 0 Å². The highest BCUT2D eigenvalue weighted by Gasteiger charge is 2.44. The van der Waals surface area contributed by atoms with Crippen LogP contribution in [-0.2, 0) is 11.2 Å². The molecule has 2 aromatic rings. The van der Waals surface area contributed by atoms with Gasteiger partial charge in [-0.05, 0) is 12.0 Å². The predicted molar refractivity (Wildman–Crippen MR) is 103 cm³/mol. The lowest BCUT2D eigenvalue weighted by Gasteiger charge is -2.39. The number of carbonyl (C=O) groups excluding carboxylic acids is 1. The molecule has 0 spiro atoms. The number of hydrogen-bond donors (Lipinski definition) is 6. The van der Waals surface area contributed by atoms with Crippen molar-refractivity contribution in [2.75, 3.05) is 6.61 Å². The third-order valence-corrected chi connectivity index (χ3v) is 4.93. The zero-order valence-electron chi connectivity index (χ0n) is 16.0. The minimum Gasteiger partial charge on any atom is -0.507 e. The quantitative estimate of drug-likeness (QED) is 0.342. The minimum atomic E-state index is -1.65. The van der Waals surface area contributed by atoms with Crippen LogP contribution in [0.15, 0.2) is 42.5 Å².